The Labute approximate surface area is 116 Å². The number of hydrogen-bond donors (Lipinski definition) is 1. The Kier molecular flexibility index (Phi) is 4.64. The molecule has 96 valence electrons. The van der Waals surface area contributed by atoms with Crippen molar-refractivity contribution in [1.82, 2.24) is 4.90 Å². The van der Waals surface area contributed by atoms with E-state index >= 15 is 0 Å². The van der Waals surface area contributed by atoms with Gasteiger partial charge in [0, 0.05) is 26.8 Å². The molecule has 0 spiro atoms. The van der Waals surface area contributed by atoms with E-state index in [1.54, 1.807) is 0 Å². The molecular weight excluding hydrogens is 296 g/mol. The first-order valence-electron chi connectivity index (χ1n) is 6.35. The summed E-state index contributed by atoms with van der Waals surface area (Å²) in [6, 6.07) is 3.32. The molecule has 0 saturated carbocycles. The lowest BCUT2D eigenvalue weighted by molar-refractivity contribution is 0.110. The predicted octanol–water partition coefficient (Wildman–Crippen LogP) is 3.69. The van der Waals surface area contributed by atoms with Crippen LogP contribution in [-0.2, 0) is 0 Å². The Bertz CT molecular complexity index is 358. The fourth-order valence-electron chi connectivity index (χ4n) is 2.64. The Hall–Kier alpha value is 0.100. The second-order valence-electron chi connectivity index (χ2n) is 4.89. The standard InChI is InChI=1S/C13H21BrN2S/c1-9-5-3-4-6-16(9)12(8-15)13-7-11(14)10(2)17-13/h7,9,12H,3-6,8,15H2,1-2H3. The first kappa shape index (κ1) is 13.5. The zero-order valence-corrected chi connectivity index (χ0v) is 13.0. The van der Waals surface area contributed by atoms with Gasteiger partial charge < -0.3 is 5.73 Å². The van der Waals surface area contributed by atoms with E-state index in [0.717, 1.165) is 6.54 Å². The second-order valence-corrected chi connectivity index (χ2v) is 7.03. The SMILES string of the molecule is Cc1sc(C(CN)N2CCCCC2C)cc1Br. The number of aryl methyl sites for hydroxylation is 1. The zero-order chi connectivity index (χ0) is 12.4. The molecule has 2 unspecified atom stereocenters. The van der Waals surface area contributed by atoms with E-state index in [0.29, 0.717) is 12.1 Å². The van der Waals surface area contributed by atoms with E-state index in [2.05, 4.69) is 40.7 Å². The third-order valence-corrected chi connectivity index (χ3v) is 5.92. The summed E-state index contributed by atoms with van der Waals surface area (Å²) in [5.41, 5.74) is 6.01. The van der Waals surface area contributed by atoms with Crippen molar-refractivity contribution in [1.29, 1.82) is 0 Å². The number of likely N-dealkylation sites (tertiary alicyclic amines) is 1. The third-order valence-electron chi connectivity index (χ3n) is 3.68. The summed E-state index contributed by atoms with van der Waals surface area (Å²) in [4.78, 5) is 5.34. The molecule has 4 heteroatoms. The Balaban J connectivity index is 2.20. The van der Waals surface area contributed by atoms with Crippen LogP contribution in [0.5, 0.6) is 0 Å². The highest BCUT2D eigenvalue weighted by Crippen LogP contribution is 2.35. The first-order chi connectivity index (χ1) is 8.13. The average molecular weight is 317 g/mol. The number of nitrogens with zero attached hydrogens (tertiary/aromatic N) is 1. The fourth-order valence-corrected chi connectivity index (χ4v) is 4.34. The minimum absolute atomic E-state index is 0.403. The fraction of sp³-hybridized carbons (Fsp3) is 0.692. The quantitative estimate of drug-likeness (QED) is 0.921. The summed E-state index contributed by atoms with van der Waals surface area (Å²) in [5.74, 6) is 0. The largest absolute Gasteiger partial charge is 0.329 e. The monoisotopic (exact) mass is 316 g/mol. The maximum absolute atomic E-state index is 6.01. The molecule has 1 aromatic heterocycles. The maximum Gasteiger partial charge on any atom is 0.0567 e. The van der Waals surface area contributed by atoms with Gasteiger partial charge in [-0.25, -0.2) is 0 Å². The van der Waals surface area contributed by atoms with Gasteiger partial charge >= 0.3 is 0 Å². The van der Waals surface area contributed by atoms with Crippen molar-refractivity contribution in [2.45, 2.75) is 45.2 Å². The molecule has 2 heterocycles. The lowest BCUT2D eigenvalue weighted by atomic mass is 10.0. The van der Waals surface area contributed by atoms with Crippen LogP contribution in [0.25, 0.3) is 0 Å². The van der Waals surface area contributed by atoms with Gasteiger partial charge in [-0.3, -0.25) is 4.90 Å². The molecule has 0 radical (unpaired) electrons. The van der Waals surface area contributed by atoms with Gasteiger partial charge in [0.1, 0.15) is 0 Å². The number of piperidine rings is 1. The number of hydrogen-bond acceptors (Lipinski definition) is 3. The van der Waals surface area contributed by atoms with E-state index in [1.807, 2.05) is 11.3 Å². The number of thiophene rings is 1. The van der Waals surface area contributed by atoms with Gasteiger partial charge in [-0.05, 0) is 55.2 Å². The molecular formula is C13H21BrN2S. The smallest absolute Gasteiger partial charge is 0.0567 e. The van der Waals surface area contributed by atoms with Crippen molar-refractivity contribution in [2.75, 3.05) is 13.1 Å². The lowest BCUT2D eigenvalue weighted by Crippen LogP contribution is -2.42. The van der Waals surface area contributed by atoms with E-state index in [4.69, 9.17) is 5.73 Å². The van der Waals surface area contributed by atoms with Gasteiger partial charge in [-0.15, -0.1) is 11.3 Å². The van der Waals surface area contributed by atoms with Crippen molar-refractivity contribution in [3.63, 3.8) is 0 Å². The molecule has 1 saturated heterocycles. The van der Waals surface area contributed by atoms with Crippen molar-refractivity contribution in [2.24, 2.45) is 5.73 Å². The summed E-state index contributed by atoms with van der Waals surface area (Å²) in [6.07, 6.45) is 3.98. The van der Waals surface area contributed by atoms with Gasteiger partial charge in [-0.1, -0.05) is 6.42 Å². The van der Waals surface area contributed by atoms with Crippen LogP contribution in [0.3, 0.4) is 0 Å². The summed E-state index contributed by atoms with van der Waals surface area (Å²) in [7, 11) is 0. The minimum atomic E-state index is 0.403. The van der Waals surface area contributed by atoms with Gasteiger partial charge in [0.2, 0.25) is 0 Å². The molecule has 1 aromatic rings. The van der Waals surface area contributed by atoms with Crippen LogP contribution in [0.15, 0.2) is 10.5 Å². The topological polar surface area (TPSA) is 29.3 Å². The molecule has 2 nitrogen and oxygen atoms in total. The van der Waals surface area contributed by atoms with Crippen LogP contribution in [-0.4, -0.2) is 24.0 Å². The number of rotatable bonds is 3. The van der Waals surface area contributed by atoms with Crippen molar-refractivity contribution in [3.05, 3.63) is 20.3 Å². The highest BCUT2D eigenvalue weighted by atomic mass is 79.9. The minimum Gasteiger partial charge on any atom is -0.329 e. The van der Waals surface area contributed by atoms with E-state index in [1.165, 1.54) is 40.0 Å². The molecule has 1 fully saturated rings. The zero-order valence-electron chi connectivity index (χ0n) is 10.6. The molecule has 0 aliphatic carbocycles. The first-order valence-corrected chi connectivity index (χ1v) is 7.96. The molecule has 0 aromatic carbocycles. The molecule has 2 N–H and O–H groups in total. The van der Waals surface area contributed by atoms with Crippen LogP contribution < -0.4 is 5.73 Å². The van der Waals surface area contributed by atoms with Crippen LogP contribution in [0, 0.1) is 6.92 Å². The normalized spacial score (nSPS) is 23.9. The van der Waals surface area contributed by atoms with Gasteiger partial charge in [0.25, 0.3) is 0 Å². The lowest BCUT2D eigenvalue weighted by Gasteiger charge is -2.38. The van der Waals surface area contributed by atoms with Crippen LogP contribution in [0.1, 0.15) is 42.0 Å². The Morgan fingerprint density at radius 2 is 2.35 bits per heavy atom. The van der Waals surface area contributed by atoms with Crippen molar-refractivity contribution < 1.29 is 0 Å². The van der Waals surface area contributed by atoms with Crippen molar-refractivity contribution >= 4 is 27.3 Å². The predicted molar refractivity (Wildman–Crippen MR) is 78.6 cm³/mol. The highest BCUT2D eigenvalue weighted by molar-refractivity contribution is 9.10. The van der Waals surface area contributed by atoms with Gasteiger partial charge in [0.15, 0.2) is 0 Å². The molecule has 2 atom stereocenters. The summed E-state index contributed by atoms with van der Waals surface area (Å²) >= 11 is 5.48. The summed E-state index contributed by atoms with van der Waals surface area (Å²) < 4.78 is 1.22. The molecule has 1 aliphatic heterocycles. The number of halogens is 1. The Morgan fingerprint density at radius 1 is 1.59 bits per heavy atom. The highest BCUT2D eigenvalue weighted by Gasteiger charge is 2.27. The van der Waals surface area contributed by atoms with E-state index in [-0.39, 0.29) is 0 Å². The number of nitrogens with two attached hydrogens (primary N) is 1. The van der Waals surface area contributed by atoms with Gasteiger partial charge in [-0.2, -0.15) is 0 Å². The van der Waals surface area contributed by atoms with Crippen LogP contribution >= 0.6 is 27.3 Å². The average Bonchev–Trinajstić information content (AvgIpc) is 2.63. The van der Waals surface area contributed by atoms with Crippen LogP contribution in [0.4, 0.5) is 0 Å². The molecule has 17 heavy (non-hydrogen) atoms. The third kappa shape index (κ3) is 2.92. The summed E-state index contributed by atoms with van der Waals surface area (Å²) in [5, 5.41) is 0. The molecule has 1 aliphatic rings. The van der Waals surface area contributed by atoms with Gasteiger partial charge in [0.05, 0.1) is 6.04 Å². The molecule has 0 bridgehead atoms. The second kappa shape index (κ2) is 5.83. The maximum atomic E-state index is 6.01. The van der Waals surface area contributed by atoms with Crippen molar-refractivity contribution in [3.8, 4) is 0 Å². The summed E-state index contributed by atoms with van der Waals surface area (Å²) in [6.45, 7) is 6.40. The molecule has 0 amide bonds. The van der Waals surface area contributed by atoms with E-state index in [9.17, 15) is 0 Å². The molecule has 2 rings (SSSR count). The van der Waals surface area contributed by atoms with E-state index < -0.39 is 0 Å². The van der Waals surface area contributed by atoms with Crippen LogP contribution in [0.2, 0.25) is 0 Å². The Morgan fingerprint density at radius 3 is 2.88 bits per heavy atom.